The molecule has 0 bridgehead atoms. The molecule has 0 aromatic heterocycles. The fraction of sp³-hybridized carbons (Fsp3) is 0.429. The Labute approximate surface area is 117 Å². The summed E-state index contributed by atoms with van der Waals surface area (Å²) < 4.78 is 10.4. The highest BCUT2D eigenvalue weighted by atomic mass is 16.5. The van der Waals surface area contributed by atoms with Gasteiger partial charge in [0.05, 0.1) is 14.2 Å². The molecule has 0 radical (unpaired) electrons. The van der Waals surface area contributed by atoms with Gasteiger partial charge in [0.15, 0.2) is 0 Å². The number of benzene rings is 1. The Bertz CT molecular complexity index is 516. The first kappa shape index (κ1) is 14.2. The highest BCUT2D eigenvalue weighted by Gasteiger charge is 2.26. The predicted octanol–water partition coefficient (Wildman–Crippen LogP) is 0.599. The second-order valence-electron chi connectivity index (χ2n) is 4.55. The number of hydrogen-bond acceptors (Lipinski definition) is 4. The van der Waals surface area contributed by atoms with E-state index in [1.54, 1.807) is 26.4 Å². The van der Waals surface area contributed by atoms with E-state index in [9.17, 15) is 9.59 Å². The van der Waals surface area contributed by atoms with Gasteiger partial charge in [-0.25, -0.2) is 0 Å². The van der Waals surface area contributed by atoms with Gasteiger partial charge in [-0.1, -0.05) is 0 Å². The van der Waals surface area contributed by atoms with Gasteiger partial charge in [-0.15, -0.1) is 0 Å². The van der Waals surface area contributed by atoms with Crippen LogP contribution in [0.15, 0.2) is 18.2 Å². The van der Waals surface area contributed by atoms with Gasteiger partial charge in [0.25, 0.3) is 0 Å². The molecule has 2 N–H and O–H groups in total. The van der Waals surface area contributed by atoms with Crippen LogP contribution in [0.5, 0.6) is 11.5 Å². The summed E-state index contributed by atoms with van der Waals surface area (Å²) in [5, 5.41) is 5.43. The SMILES string of the molecule is COc1ccc(CNC(=O)[C@@H]2CCC(=O)N2)c(OC)c1. The topological polar surface area (TPSA) is 76.7 Å². The van der Waals surface area contributed by atoms with Crippen LogP contribution in [0, 0.1) is 0 Å². The molecule has 2 amide bonds. The van der Waals surface area contributed by atoms with Crippen LogP contribution in [0.1, 0.15) is 18.4 Å². The Kier molecular flexibility index (Phi) is 4.45. The number of carbonyl (C=O) groups excluding carboxylic acids is 2. The van der Waals surface area contributed by atoms with Crippen molar-refractivity contribution in [3.8, 4) is 11.5 Å². The highest BCUT2D eigenvalue weighted by molar-refractivity contribution is 5.90. The zero-order valence-electron chi connectivity index (χ0n) is 11.6. The molecule has 1 heterocycles. The fourth-order valence-corrected chi connectivity index (χ4v) is 2.11. The van der Waals surface area contributed by atoms with Gasteiger partial charge in [0.2, 0.25) is 11.8 Å². The van der Waals surface area contributed by atoms with Crippen LogP contribution in [0.2, 0.25) is 0 Å². The third-order valence-electron chi connectivity index (χ3n) is 3.26. The van der Waals surface area contributed by atoms with E-state index in [0.717, 1.165) is 5.56 Å². The van der Waals surface area contributed by atoms with Crippen LogP contribution in [0.25, 0.3) is 0 Å². The number of nitrogens with one attached hydrogen (secondary N) is 2. The molecule has 0 spiro atoms. The molecule has 1 fully saturated rings. The lowest BCUT2D eigenvalue weighted by molar-refractivity contribution is -0.125. The minimum Gasteiger partial charge on any atom is -0.497 e. The standard InChI is InChI=1S/C14H18N2O4/c1-19-10-4-3-9(12(7-10)20-2)8-15-14(18)11-5-6-13(17)16-11/h3-4,7,11H,5-6,8H2,1-2H3,(H,15,18)(H,16,17)/t11-/m0/s1. The maximum absolute atomic E-state index is 11.9. The number of rotatable bonds is 5. The van der Waals surface area contributed by atoms with Crippen LogP contribution in [0.3, 0.4) is 0 Å². The Hall–Kier alpha value is -2.24. The summed E-state index contributed by atoms with van der Waals surface area (Å²) in [6.45, 7) is 0.346. The first-order valence-corrected chi connectivity index (χ1v) is 6.42. The summed E-state index contributed by atoms with van der Waals surface area (Å²) in [6, 6.07) is 4.98. The molecule has 1 aliphatic rings. The Morgan fingerprint density at radius 3 is 2.80 bits per heavy atom. The molecule has 0 saturated carbocycles. The largest absolute Gasteiger partial charge is 0.497 e. The number of hydrogen-bond donors (Lipinski definition) is 2. The van der Waals surface area contributed by atoms with Gasteiger partial charge in [-0.3, -0.25) is 9.59 Å². The summed E-state index contributed by atoms with van der Waals surface area (Å²) in [6.07, 6.45) is 0.953. The van der Waals surface area contributed by atoms with Crippen molar-refractivity contribution >= 4 is 11.8 Å². The molecule has 6 heteroatoms. The highest BCUT2D eigenvalue weighted by Crippen LogP contribution is 2.24. The van der Waals surface area contributed by atoms with Crippen molar-refractivity contribution in [1.29, 1.82) is 0 Å². The van der Waals surface area contributed by atoms with Crippen molar-refractivity contribution in [2.75, 3.05) is 14.2 Å². The van der Waals surface area contributed by atoms with Gasteiger partial charge in [-0.05, 0) is 18.6 Å². The van der Waals surface area contributed by atoms with E-state index in [4.69, 9.17) is 9.47 Å². The van der Waals surface area contributed by atoms with Crippen molar-refractivity contribution in [3.63, 3.8) is 0 Å². The van der Waals surface area contributed by atoms with Crippen LogP contribution in [-0.4, -0.2) is 32.1 Å². The zero-order chi connectivity index (χ0) is 14.5. The normalized spacial score (nSPS) is 17.5. The molecule has 1 atom stereocenters. The molecule has 20 heavy (non-hydrogen) atoms. The minimum absolute atomic E-state index is 0.0767. The molecule has 1 aliphatic heterocycles. The Morgan fingerprint density at radius 2 is 2.20 bits per heavy atom. The molecule has 108 valence electrons. The summed E-state index contributed by atoms with van der Waals surface area (Å²) in [5.74, 6) is 1.10. The second-order valence-corrected chi connectivity index (χ2v) is 4.55. The first-order chi connectivity index (χ1) is 9.63. The van der Waals surface area contributed by atoms with E-state index in [1.165, 1.54) is 0 Å². The fourth-order valence-electron chi connectivity index (χ4n) is 2.11. The molecule has 1 aromatic rings. The number of amides is 2. The van der Waals surface area contributed by atoms with Crippen LogP contribution < -0.4 is 20.1 Å². The van der Waals surface area contributed by atoms with Crippen molar-refractivity contribution in [3.05, 3.63) is 23.8 Å². The number of carbonyl (C=O) groups is 2. The maximum atomic E-state index is 11.9. The van der Waals surface area contributed by atoms with Crippen molar-refractivity contribution < 1.29 is 19.1 Å². The molecular weight excluding hydrogens is 260 g/mol. The lowest BCUT2D eigenvalue weighted by atomic mass is 10.1. The average Bonchev–Trinajstić information content (AvgIpc) is 2.91. The maximum Gasteiger partial charge on any atom is 0.242 e. The molecule has 6 nitrogen and oxygen atoms in total. The number of methoxy groups -OCH3 is 2. The lowest BCUT2D eigenvalue weighted by Gasteiger charge is -2.13. The van der Waals surface area contributed by atoms with E-state index in [1.807, 2.05) is 6.07 Å². The van der Waals surface area contributed by atoms with E-state index in [0.29, 0.717) is 30.9 Å². The molecule has 2 rings (SSSR count). The first-order valence-electron chi connectivity index (χ1n) is 6.42. The summed E-state index contributed by atoms with van der Waals surface area (Å²) in [4.78, 5) is 23.0. The Morgan fingerprint density at radius 1 is 1.40 bits per heavy atom. The summed E-state index contributed by atoms with van der Waals surface area (Å²) >= 11 is 0. The van der Waals surface area contributed by atoms with E-state index >= 15 is 0 Å². The van der Waals surface area contributed by atoms with Gasteiger partial charge >= 0.3 is 0 Å². The van der Waals surface area contributed by atoms with E-state index in [-0.39, 0.29) is 11.8 Å². The molecule has 1 saturated heterocycles. The van der Waals surface area contributed by atoms with Gasteiger partial charge < -0.3 is 20.1 Å². The van der Waals surface area contributed by atoms with E-state index < -0.39 is 6.04 Å². The zero-order valence-corrected chi connectivity index (χ0v) is 11.6. The predicted molar refractivity (Wildman–Crippen MR) is 72.6 cm³/mol. The quantitative estimate of drug-likeness (QED) is 0.827. The van der Waals surface area contributed by atoms with Crippen molar-refractivity contribution in [1.82, 2.24) is 10.6 Å². The van der Waals surface area contributed by atoms with Gasteiger partial charge in [-0.2, -0.15) is 0 Å². The third kappa shape index (κ3) is 3.20. The van der Waals surface area contributed by atoms with Crippen LogP contribution in [0.4, 0.5) is 0 Å². The monoisotopic (exact) mass is 278 g/mol. The Balaban J connectivity index is 1.96. The van der Waals surface area contributed by atoms with Crippen molar-refractivity contribution in [2.24, 2.45) is 0 Å². The third-order valence-corrected chi connectivity index (χ3v) is 3.26. The second kappa shape index (κ2) is 6.27. The summed E-state index contributed by atoms with van der Waals surface area (Å²) in [7, 11) is 3.15. The molecule has 0 aliphatic carbocycles. The minimum atomic E-state index is -0.424. The molecule has 1 aromatic carbocycles. The van der Waals surface area contributed by atoms with Crippen LogP contribution >= 0.6 is 0 Å². The van der Waals surface area contributed by atoms with Gasteiger partial charge in [0.1, 0.15) is 17.5 Å². The van der Waals surface area contributed by atoms with Crippen LogP contribution in [-0.2, 0) is 16.1 Å². The molecule has 0 unspecified atom stereocenters. The van der Waals surface area contributed by atoms with E-state index in [2.05, 4.69) is 10.6 Å². The lowest BCUT2D eigenvalue weighted by Crippen LogP contribution is -2.41. The van der Waals surface area contributed by atoms with Crippen molar-refractivity contribution in [2.45, 2.75) is 25.4 Å². The van der Waals surface area contributed by atoms with Gasteiger partial charge in [0, 0.05) is 24.6 Å². The molecular formula is C14H18N2O4. The number of ether oxygens (including phenoxy) is 2. The smallest absolute Gasteiger partial charge is 0.242 e. The summed E-state index contributed by atoms with van der Waals surface area (Å²) in [5.41, 5.74) is 0.853. The average molecular weight is 278 g/mol.